The van der Waals surface area contributed by atoms with Gasteiger partial charge in [0.15, 0.2) is 0 Å². The van der Waals surface area contributed by atoms with Gasteiger partial charge in [-0.1, -0.05) is 103 Å². The number of thiol groups is 1. The van der Waals surface area contributed by atoms with Gasteiger partial charge < -0.3 is 0 Å². The molecule has 0 saturated heterocycles. The molecular formula is C19H39Cl3SSi. The zero-order valence-corrected chi connectivity index (χ0v) is 19.7. The highest BCUT2D eigenvalue weighted by molar-refractivity contribution is 7.80. The van der Waals surface area contributed by atoms with Crippen LogP contribution in [-0.2, 0) is 0 Å². The fraction of sp³-hybridized carbons (Fsp3) is 1.00. The minimum absolute atomic E-state index is 0.827. The molecular weight excluding hydrogens is 395 g/mol. The minimum Gasteiger partial charge on any atom is -0.179 e. The number of hydrogen-bond acceptors (Lipinski definition) is 1. The number of halogens is 3. The lowest BCUT2D eigenvalue weighted by Crippen LogP contribution is -2.07. The summed E-state index contributed by atoms with van der Waals surface area (Å²) in [5.74, 6) is 1.05. The first-order valence-corrected chi connectivity index (χ1v) is 16.1. The summed E-state index contributed by atoms with van der Waals surface area (Å²) in [4.78, 5) is 0. The maximum Gasteiger partial charge on any atom is 0.341 e. The first-order chi connectivity index (χ1) is 11.6. The highest BCUT2D eigenvalue weighted by atomic mass is 35.8. The van der Waals surface area contributed by atoms with Crippen LogP contribution in [0.4, 0.5) is 0 Å². The third-order valence-electron chi connectivity index (χ3n) is 4.62. The van der Waals surface area contributed by atoms with Crippen molar-refractivity contribution in [3.8, 4) is 0 Å². The molecule has 0 saturated carbocycles. The van der Waals surface area contributed by atoms with Crippen molar-refractivity contribution in [1.82, 2.24) is 0 Å². The van der Waals surface area contributed by atoms with E-state index in [0.29, 0.717) is 0 Å². The molecule has 5 heteroatoms. The van der Waals surface area contributed by atoms with Crippen LogP contribution in [0.2, 0.25) is 6.04 Å². The summed E-state index contributed by atoms with van der Waals surface area (Å²) < 4.78 is 0. The van der Waals surface area contributed by atoms with E-state index in [9.17, 15) is 0 Å². The maximum absolute atomic E-state index is 5.88. The number of hydrogen-bond donors (Lipinski definition) is 1. The molecule has 0 amide bonds. The Morgan fingerprint density at radius 3 is 0.917 bits per heavy atom. The summed E-state index contributed by atoms with van der Waals surface area (Å²) in [5.41, 5.74) is 0. The standard InChI is InChI=1S/C19H39Cl3SSi/c20-24(21,22)19-17-15-13-11-9-7-5-3-1-2-4-6-8-10-12-14-16-18-23/h23H,1-19H2. The Bertz CT molecular complexity index is 247. The van der Waals surface area contributed by atoms with Crippen molar-refractivity contribution in [1.29, 1.82) is 0 Å². The van der Waals surface area contributed by atoms with Crippen molar-refractivity contribution >= 4 is 51.9 Å². The zero-order chi connectivity index (χ0) is 17.9. The smallest absolute Gasteiger partial charge is 0.179 e. The van der Waals surface area contributed by atoms with E-state index in [4.69, 9.17) is 33.2 Å². The summed E-state index contributed by atoms with van der Waals surface area (Å²) in [6.07, 6.45) is 23.3. The Kier molecular flexibility index (Phi) is 20.4. The van der Waals surface area contributed by atoms with Crippen LogP contribution in [0.5, 0.6) is 0 Å². The third-order valence-corrected chi connectivity index (χ3v) is 7.56. The quantitative estimate of drug-likeness (QED) is 0.0891. The van der Waals surface area contributed by atoms with Crippen molar-refractivity contribution in [2.24, 2.45) is 0 Å². The second-order valence-corrected chi connectivity index (χ2v) is 16.8. The predicted molar refractivity (Wildman–Crippen MR) is 120 cm³/mol. The molecule has 0 aromatic carbocycles. The molecule has 0 aliphatic rings. The molecule has 0 aliphatic heterocycles. The second kappa shape index (κ2) is 19.2. The molecule has 0 nitrogen and oxygen atoms in total. The summed E-state index contributed by atoms with van der Waals surface area (Å²) >= 11 is 21.9. The van der Waals surface area contributed by atoms with Gasteiger partial charge in [-0.05, 0) is 18.2 Å². The topological polar surface area (TPSA) is 0 Å². The lowest BCUT2D eigenvalue weighted by atomic mass is 10.0. The first kappa shape index (κ1) is 25.4. The second-order valence-electron chi connectivity index (χ2n) is 7.10. The SMILES string of the molecule is SCCCCCCCCCCCCCCCCCCC[Si](Cl)(Cl)Cl. The van der Waals surface area contributed by atoms with Gasteiger partial charge in [-0.2, -0.15) is 12.6 Å². The Hall–Kier alpha value is 1.44. The van der Waals surface area contributed by atoms with E-state index in [1.165, 1.54) is 103 Å². The van der Waals surface area contributed by atoms with Crippen LogP contribution < -0.4 is 0 Å². The normalized spacial score (nSPS) is 12.0. The highest BCUT2D eigenvalue weighted by Gasteiger charge is 2.23. The average Bonchev–Trinajstić information content (AvgIpc) is 2.52. The van der Waals surface area contributed by atoms with Gasteiger partial charge in [0.25, 0.3) is 0 Å². The van der Waals surface area contributed by atoms with Gasteiger partial charge in [-0.15, -0.1) is 33.2 Å². The van der Waals surface area contributed by atoms with Gasteiger partial charge >= 0.3 is 6.00 Å². The molecule has 0 atom stereocenters. The van der Waals surface area contributed by atoms with Crippen LogP contribution in [0, 0.1) is 0 Å². The summed E-state index contributed by atoms with van der Waals surface area (Å²) in [5, 5.41) is 0. The van der Waals surface area contributed by atoms with Gasteiger partial charge in [-0.25, -0.2) is 0 Å². The van der Waals surface area contributed by atoms with Gasteiger partial charge in [0, 0.05) is 0 Å². The van der Waals surface area contributed by atoms with E-state index in [1.807, 2.05) is 0 Å². The summed E-state index contributed by atoms with van der Waals surface area (Å²) in [6.45, 7) is 0. The molecule has 0 N–H and O–H groups in total. The summed E-state index contributed by atoms with van der Waals surface area (Å²) in [7, 11) is 0. The average molecular weight is 434 g/mol. The van der Waals surface area contributed by atoms with Crippen LogP contribution in [0.15, 0.2) is 0 Å². The van der Waals surface area contributed by atoms with Gasteiger partial charge in [0.2, 0.25) is 0 Å². The fourth-order valence-corrected chi connectivity index (χ4v) is 5.17. The monoisotopic (exact) mass is 432 g/mol. The van der Waals surface area contributed by atoms with Gasteiger partial charge in [0.05, 0.1) is 0 Å². The van der Waals surface area contributed by atoms with Crippen LogP contribution in [0.1, 0.15) is 109 Å². The first-order valence-electron chi connectivity index (χ1n) is 10.2. The maximum atomic E-state index is 5.88. The molecule has 0 aliphatic carbocycles. The molecule has 146 valence electrons. The molecule has 0 unspecified atom stereocenters. The number of unbranched alkanes of at least 4 members (excludes halogenated alkanes) is 16. The van der Waals surface area contributed by atoms with Crippen molar-refractivity contribution in [3.05, 3.63) is 0 Å². The van der Waals surface area contributed by atoms with Crippen LogP contribution >= 0.6 is 45.9 Å². The molecule has 0 rings (SSSR count). The largest absolute Gasteiger partial charge is 0.341 e. The highest BCUT2D eigenvalue weighted by Crippen LogP contribution is 2.27. The van der Waals surface area contributed by atoms with Gasteiger partial charge in [0.1, 0.15) is 0 Å². The molecule has 0 spiro atoms. The van der Waals surface area contributed by atoms with Crippen molar-refractivity contribution < 1.29 is 0 Å². The van der Waals surface area contributed by atoms with E-state index < -0.39 is 6.00 Å². The van der Waals surface area contributed by atoms with Crippen LogP contribution in [0.3, 0.4) is 0 Å². The molecule has 0 aromatic heterocycles. The predicted octanol–water partition coefficient (Wildman–Crippen LogP) is 9.20. The summed E-state index contributed by atoms with van der Waals surface area (Å²) in [6, 6.07) is -1.53. The van der Waals surface area contributed by atoms with E-state index in [2.05, 4.69) is 12.6 Å². The van der Waals surface area contributed by atoms with Crippen LogP contribution in [-0.4, -0.2) is 11.8 Å². The van der Waals surface area contributed by atoms with E-state index in [1.54, 1.807) is 0 Å². The molecule has 0 fully saturated rings. The Balaban J connectivity index is 3.00. The van der Waals surface area contributed by atoms with Gasteiger partial charge in [-0.3, -0.25) is 0 Å². The van der Waals surface area contributed by atoms with Crippen LogP contribution in [0.25, 0.3) is 0 Å². The van der Waals surface area contributed by atoms with Crippen molar-refractivity contribution in [2.75, 3.05) is 5.75 Å². The Morgan fingerprint density at radius 1 is 0.417 bits per heavy atom. The number of rotatable bonds is 19. The lowest BCUT2D eigenvalue weighted by molar-refractivity contribution is 0.529. The zero-order valence-electron chi connectivity index (χ0n) is 15.5. The lowest BCUT2D eigenvalue weighted by Gasteiger charge is -2.07. The third kappa shape index (κ3) is 23.4. The molecule has 0 bridgehead atoms. The Labute approximate surface area is 172 Å². The van der Waals surface area contributed by atoms with E-state index >= 15 is 0 Å². The molecule has 24 heavy (non-hydrogen) atoms. The van der Waals surface area contributed by atoms with E-state index in [0.717, 1.165) is 18.2 Å². The van der Waals surface area contributed by atoms with Crippen molar-refractivity contribution in [2.45, 2.75) is 115 Å². The minimum atomic E-state index is -2.35. The molecule has 0 heterocycles. The molecule has 0 radical (unpaired) electrons. The molecule has 0 aromatic rings. The van der Waals surface area contributed by atoms with Crippen molar-refractivity contribution in [3.63, 3.8) is 0 Å². The fourth-order valence-electron chi connectivity index (χ4n) is 3.09. The van der Waals surface area contributed by atoms with E-state index in [-0.39, 0.29) is 0 Å². The Morgan fingerprint density at radius 2 is 0.667 bits per heavy atom.